The van der Waals surface area contributed by atoms with Gasteiger partial charge >= 0.3 is 17.9 Å². The Labute approximate surface area is 441 Å². The lowest BCUT2D eigenvalue weighted by Crippen LogP contribution is -2.40. The first kappa shape index (κ1) is 69.3. The van der Waals surface area contributed by atoms with Crippen molar-refractivity contribution in [2.24, 2.45) is 0 Å². The molecule has 0 radical (unpaired) electrons. The average molecular weight is 1010 g/mol. The third kappa shape index (κ3) is 55.9. The number of aliphatic carboxylic acids is 1. The molecule has 0 fully saturated rings. The lowest BCUT2D eigenvalue weighted by Gasteiger charge is -2.25. The highest BCUT2D eigenvalue weighted by Crippen LogP contribution is 2.19. The summed E-state index contributed by atoms with van der Waals surface area (Å²) in [4.78, 5) is 37.4. The monoisotopic (exact) mass is 1010 g/mol. The molecule has 2 atom stereocenters. The van der Waals surface area contributed by atoms with Crippen molar-refractivity contribution in [1.82, 2.24) is 0 Å². The fraction of sp³-hybridized carbons (Fsp3) is 0.952. The van der Waals surface area contributed by atoms with Crippen molar-refractivity contribution in [3.05, 3.63) is 0 Å². The molecule has 2 unspecified atom stereocenters. The lowest BCUT2D eigenvalue weighted by molar-refractivity contribution is -0.870. The predicted octanol–water partition coefficient (Wildman–Crippen LogP) is 18.4. The van der Waals surface area contributed by atoms with E-state index in [4.69, 9.17) is 18.9 Å². The first-order chi connectivity index (χ1) is 34.6. The van der Waals surface area contributed by atoms with Gasteiger partial charge in [-0.1, -0.05) is 296 Å². The Kier molecular flexibility index (Phi) is 53.2. The Bertz CT molecular complexity index is 1130. The standard InChI is InChI=1S/C62H121NO8/c1-6-8-10-12-14-16-18-20-22-24-25-26-27-28-29-30-31-32-33-34-35-36-37-39-41-43-45-47-49-51-53-60(65)71-58(57-70-62(61(66)67)68-55-54-63(3,4)5)56-69-59(64)52-50-48-46-44-42-40-38-23-21-19-17-15-13-11-9-7-2/h58,62H,6-57H2,1-5H3/p+1. The summed E-state index contributed by atoms with van der Waals surface area (Å²) in [5, 5.41) is 9.70. The van der Waals surface area contributed by atoms with Crippen LogP contribution in [-0.2, 0) is 33.3 Å². The molecule has 9 heteroatoms. The number of rotatable bonds is 59. The minimum absolute atomic E-state index is 0.172. The number of hydrogen-bond donors (Lipinski definition) is 1. The van der Waals surface area contributed by atoms with Crippen LogP contribution in [0.5, 0.6) is 0 Å². The Hall–Kier alpha value is -1.71. The number of carbonyl (C=O) groups excluding carboxylic acids is 2. The number of quaternary nitrogens is 1. The maximum Gasteiger partial charge on any atom is 0.361 e. The molecule has 71 heavy (non-hydrogen) atoms. The molecule has 9 nitrogen and oxygen atoms in total. The molecule has 0 amide bonds. The Morgan fingerprint density at radius 1 is 0.366 bits per heavy atom. The van der Waals surface area contributed by atoms with Crippen LogP contribution >= 0.6 is 0 Å². The second-order valence-electron chi connectivity index (χ2n) is 22.7. The molecular weight excluding hydrogens is 887 g/mol. The number of carboxylic acids is 1. The number of likely N-dealkylation sites (N-methyl/N-ethyl adjacent to an activating group) is 1. The molecule has 0 aromatic carbocycles. The first-order valence-corrected chi connectivity index (χ1v) is 31.2. The molecule has 0 bridgehead atoms. The van der Waals surface area contributed by atoms with Crippen molar-refractivity contribution in [1.29, 1.82) is 0 Å². The summed E-state index contributed by atoms with van der Waals surface area (Å²) in [6.45, 7) is 4.95. The van der Waals surface area contributed by atoms with Crippen LogP contribution in [0.25, 0.3) is 0 Å². The van der Waals surface area contributed by atoms with Gasteiger partial charge < -0.3 is 28.5 Å². The summed E-state index contributed by atoms with van der Waals surface area (Å²) in [6, 6.07) is 0. The molecule has 0 saturated carbocycles. The smallest absolute Gasteiger partial charge is 0.361 e. The van der Waals surface area contributed by atoms with Gasteiger partial charge in [-0.3, -0.25) is 9.59 Å². The zero-order chi connectivity index (χ0) is 52.0. The molecule has 0 heterocycles. The lowest BCUT2D eigenvalue weighted by atomic mass is 10.0. The van der Waals surface area contributed by atoms with Crippen LogP contribution in [0.1, 0.15) is 322 Å². The van der Waals surface area contributed by atoms with Gasteiger partial charge in [-0.25, -0.2) is 4.79 Å². The molecule has 0 aromatic rings. The average Bonchev–Trinajstić information content (AvgIpc) is 3.34. The number of nitrogens with zero attached hydrogens (tertiary/aromatic N) is 1. The topological polar surface area (TPSA) is 108 Å². The van der Waals surface area contributed by atoms with Crippen molar-refractivity contribution in [3.8, 4) is 0 Å². The van der Waals surface area contributed by atoms with E-state index in [1.165, 1.54) is 257 Å². The second kappa shape index (κ2) is 54.5. The van der Waals surface area contributed by atoms with E-state index in [9.17, 15) is 19.5 Å². The SMILES string of the molecule is CCCCCCCCCCCCCCCCCCCCCCCCCCCCCCCCC(=O)OC(COC(=O)CCCCCCCCCCCCCCCCCC)COC(OCC[N+](C)(C)C)C(=O)O. The van der Waals surface area contributed by atoms with Crippen LogP contribution < -0.4 is 0 Å². The van der Waals surface area contributed by atoms with Crippen LogP contribution in [-0.4, -0.2) is 87.4 Å². The quantitative estimate of drug-likeness (QED) is 0.0278. The van der Waals surface area contributed by atoms with E-state index < -0.39 is 18.4 Å². The molecule has 1 N–H and O–H groups in total. The highest BCUT2D eigenvalue weighted by molar-refractivity contribution is 5.71. The summed E-state index contributed by atoms with van der Waals surface area (Å²) >= 11 is 0. The zero-order valence-corrected chi connectivity index (χ0v) is 48.2. The molecule has 0 saturated heterocycles. The van der Waals surface area contributed by atoms with Gasteiger partial charge in [-0.05, 0) is 12.8 Å². The first-order valence-electron chi connectivity index (χ1n) is 31.2. The molecular formula is C62H122NO8+. The minimum Gasteiger partial charge on any atom is -0.477 e. The zero-order valence-electron chi connectivity index (χ0n) is 48.2. The predicted molar refractivity (Wildman–Crippen MR) is 300 cm³/mol. The van der Waals surface area contributed by atoms with E-state index in [0.29, 0.717) is 17.4 Å². The number of ether oxygens (including phenoxy) is 4. The molecule has 0 aromatic heterocycles. The molecule has 422 valence electrons. The van der Waals surface area contributed by atoms with Gasteiger partial charge in [0.05, 0.1) is 34.4 Å². The van der Waals surface area contributed by atoms with Gasteiger partial charge in [0.2, 0.25) is 0 Å². The number of carboxylic acid groups (broad SMARTS) is 1. The largest absolute Gasteiger partial charge is 0.477 e. The van der Waals surface area contributed by atoms with E-state index in [1.807, 2.05) is 21.1 Å². The molecule has 0 rings (SSSR count). The fourth-order valence-electron chi connectivity index (χ4n) is 9.55. The highest BCUT2D eigenvalue weighted by Gasteiger charge is 2.25. The van der Waals surface area contributed by atoms with Crippen LogP contribution in [0, 0.1) is 0 Å². The van der Waals surface area contributed by atoms with Gasteiger partial charge in [-0.2, -0.15) is 0 Å². The van der Waals surface area contributed by atoms with Crippen molar-refractivity contribution in [2.75, 3.05) is 47.5 Å². The number of unbranched alkanes of at least 4 members (excludes halogenated alkanes) is 44. The minimum atomic E-state index is -1.50. The number of carbonyl (C=O) groups is 3. The summed E-state index contributed by atoms with van der Waals surface area (Å²) < 4.78 is 22.9. The Balaban J connectivity index is 4.06. The van der Waals surface area contributed by atoms with Crippen molar-refractivity contribution in [3.63, 3.8) is 0 Å². The molecule has 0 spiro atoms. The normalized spacial score (nSPS) is 12.6. The van der Waals surface area contributed by atoms with Gasteiger partial charge in [0, 0.05) is 12.8 Å². The number of hydrogen-bond acceptors (Lipinski definition) is 7. The van der Waals surface area contributed by atoms with E-state index >= 15 is 0 Å². The molecule has 0 aliphatic carbocycles. The van der Waals surface area contributed by atoms with Crippen molar-refractivity contribution in [2.45, 2.75) is 334 Å². The van der Waals surface area contributed by atoms with Crippen LogP contribution in [0.15, 0.2) is 0 Å². The van der Waals surface area contributed by atoms with Gasteiger partial charge in [0.1, 0.15) is 13.2 Å². The van der Waals surface area contributed by atoms with Crippen LogP contribution in [0.4, 0.5) is 0 Å². The van der Waals surface area contributed by atoms with Gasteiger partial charge in [0.15, 0.2) is 6.10 Å². The summed E-state index contributed by atoms with van der Waals surface area (Å²) in [5.41, 5.74) is 0. The summed E-state index contributed by atoms with van der Waals surface area (Å²) in [6.07, 6.45) is 59.2. The maximum atomic E-state index is 12.9. The van der Waals surface area contributed by atoms with Gasteiger partial charge in [0.25, 0.3) is 6.29 Å². The molecule has 0 aliphatic heterocycles. The van der Waals surface area contributed by atoms with E-state index in [2.05, 4.69) is 13.8 Å². The van der Waals surface area contributed by atoms with E-state index in [-0.39, 0.29) is 38.2 Å². The Morgan fingerprint density at radius 3 is 0.901 bits per heavy atom. The fourth-order valence-corrected chi connectivity index (χ4v) is 9.55. The second-order valence-corrected chi connectivity index (χ2v) is 22.7. The number of esters is 2. The van der Waals surface area contributed by atoms with E-state index in [1.54, 1.807) is 0 Å². The van der Waals surface area contributed by atoms with Crippen molar-refractivity contribution >= 4 is 17.9 Å². The summed E-state index contributed by atoms with van der Waals surface area (Å²) in [5.74, 6) is -1.97. The third-order valence-corrected chi connectivity index (χ3v) is 14.4. The maximum absolute atomic E-state index is 12.9. The Morgan fingerprint density at radius 2 is 0.634 bits per heavy atom. The van der Waals surface area contributed by atoms with E-state index in [0.717, 1.165) is 38.5 Å². The van der Waals surface area contributed by atoms with Crippen molar-refractivity contribution < 1.29 is 42.9 Å². The van der Waals surface area contributed by atoms with Gasteiger partial charge in [-0.15, -0.1) is 0 Å². The van der Waals surface area contributed by atoms with Crippen LogP contribution in [0.3, 0.4) is 0 Å². The van der Waals surface area contributed by atoms with Crippen LogP contribution in [0.2, 0.25) is 0 Å². The summed E-state index contributed by atoms with van der Waals surface area (Å²) in [7, 11) is 5.99. The molecule has 0 aliphatic rings. The highest BCUT2D eigenvalue weighted by atomic mass is 16.7. The third-order valence-electron chi connectivity index (χ3n) is 14.4.